The van der Waals surface area contributed by atoms with Crippen LogP contribution in [-0.2, 0) is 0 Å². The van der Waals surface area contributed by atoms with E-state index in [1.807, 2.05) is 0 Å². The summed E-state index contributed by atoms with van der Waals surface area (Å²) < 4.78 is 0. The van der Waals surface area contributed by atoms with Crippen molar-refractivity contribution in [2.24, 2.45) is 5.73 Å². The Labute approximate surface area is 80.4 Å². The van der Waals surface area contributed by atoms with Crippen LogP contribution in [0.1, 0.15) is 27.8 Å². The minimum atomic E-state index is -0.363. The van der Waals surface area contributed by atoms with Gasteiger partial charge in [0.25, 0.3) is 0 Å². The van der Waals surface area contributed by atoms with E-state index in [0.717, 1.165) is 0 Å². The molecule has 1 aromatic heterocycles. The Morgan fingerprint density at radius 2 is 2.00 bits per heavy atom. The molecule has 70 valence electrons. The number of fused-ring (bicyclic) bond motifs is 1. The smallest absolute Gasteiger partial charge is 0.228 e. The molecule has 1 aliphatic rings. The maximum Gasteiger partial charge on any atom is 0.228 e. The Morgan fingerprint density at radius 3 is 2.71 bits per heavy atom. The Balaban J connectivity index is 2.73. The molecule has 0 aliphatic heterocycles. The van der Waals surface area contributed by atoms with Crippen LogP contribution < -0.4 is 5.73 Å². The third-order valence-corrected chi connectivity index (χ3v) is 2.26. The summed E-state index contributed by atoms with van der Waals surface area (Å²) in [5, 5.41) is 0. The molecule has 14 heavy (non-hydrogen) atoms. The number of pyridine rings is 1. The lowest BCUT2D eigenvalue weighted by Crippen LogP contribution is -2.26. The van der Waals surface area contributed by atoms with Crippen molar-refractivity contribution >= 4 is 11.6 Å². The van der Waals surface area contributed by atoms with Crippen LogP contribution in [0.15, 0.2) is 29.6 Å². The summed E-state index contributed by atoms with van der Waals surface area (Å²) in [6, 6.07) is 3.21. The zero-order chi connectivity index (χ0) is 10.3. The number of rotatable bonds is 0. The predicted molar refractivity (Wildman–Crippen MR) is 49.8 cm³/mol. The first-order valence-electron chi connectivity index (χ1n) is 4.13. The third-order valence-electron chi connectivity index (χ3n) is 2.26. The van der Waals surface area contributed by atoms with Gasteiger partial charge in [0.15, 0.2) is 5.78 Å². The molecule has 0 atom stereocenters. The lowest BCUT2D eigenvalue weighted by atomic mass is 9.92. The molecule has 0 amide bonds. The molecular weight excluding hydrogens is 180 g/mol. The SMILES string of the molecule is CC1=C(N)C(=O)c2ncccc2C1=O. The molecule has 1 aromatic rings. The van der Waals surface area contributed by atoms with E-state index in [1.54, 1.807) is 19.1 Å². The van der Waals surface area contributed by atoms with E-state index in [-0.39, 0.29) is 23.0 Å². The number of carbonyl (C=O) groups is 2. The standard InChI is InChI=1S/C10H8N2O2/c1-5-7(11)10(14)8-6(9(5)13)3-2-4-12-8/h2-4H,11H2,1H3. The van der Waals surface area contributed by atoms with Crippen molar-refractivity contribution in [3.05, 3.63) is 40.9 Å². The Kier molecular flexibility index (Phi) is 1.70. The number of hydrogen-bond acceptors (Lipinski definition) is 4. The lowest BCUT2D eigenvalue weighted by molar-refractivity contribution is 0.0970. The minimum absolute atomic E-state index is 0.00111. The first-order chi connectivity index (χ1) is 6.63. The molecule has 0 radical (unpaired) electrons. The van der Waals surface area contributed by atoms with Crippen LogP contribution in [0.5, 0.6) is 0 Å². The van der Waals surface area contributed by atoms with Gasteiger partial charge in [-0.1, -0.05) is 0 Å². The van der Waals surface area contributed by atoms with Crippen molar-refractivity contribution in [2.45, 2.75) is 6.92 Å². The van der Waals surface area contributed by atoms with Gasteiger partial charge in [-0.15, -0.1) is 0 Å². The van der Waals surface area contributed by atoms with E-state index in [2.05, 4.69) is 4.98 Å². The van der Waals surface area contributed by atoms with Crippen molar-refractivity contribution < 1.29 is 9.59 Å². The number of carbonyl (C=O) groups excluding carboxylic acids is 2. The summed E-state index contributed by atoms with van der Waals surface area (Å²) in [6.45, 7) is 1.55. The Hall–Kier alpha value is -1.97. The molecule has 4 nitrogen and oxygen atoms in total. The van der Waals surface area contributed by atoms with E-state index >= 15 is 0 Å². The molecule has 0 unspecified atom stereocenters. The van der Waals surface area contributed by atoms with Gasteiger partial charge in [-0.25, -0.2) is 0 Å². The average molecular weight is 188 g/mol. The maximum absolute atomic E-state index is 11.6. The number of aromatic nitrogens is 1. The molecule has 1 aliphatic carbocycles. The summed E-state index contributed by atoms with van der Waals surface area (Å²) in [5.74, 6) is -0.581. The summed E-state index contributed by atoms with van der Waals surface area (Å²) >= 11 is 0. The minimum Gasteiger partial charge on any atom is -0.395 e. The Bertz CT molecular complexity index is 432. The average Bonchev–Trinajstić information content (AvgIpc) is 2.23. The highest BCUT2D eigenvalue weighted by Gasteiger charge is 2.28. The maximum atomic E-state index is 11.6. The number of nitrogens with two attached hydrogens (primary N) is 1. The van der Waals surface area contributed by atoms with Gasteiger partial charge in [-0.05, 0) is 19.1 Å². The third kappa shape index (κ3) is 0.970. The van der Waals surface area contributed by atoms with E-state index in [9.17, 15) is 9.59 Å². The van der Waals surface area contributed by atoms with Gasteiger partial charge in [0.2, 0.25) is 5.78 Å². The molecule has 0 saturated heterocycles. The first-order valence-corrected chi connectivity index (χ1v) is 4.13. The van der Waals surface area contributed by atoms with E-state index in [4.69, 9.17) is 5.73 Å². The summed E-state index contributed by atoms with van der Waals surface area (Å²) in [6.07, 6.45) is 1.47. The van der Waals surface area contributed by atoms with Crippen LogP contribution in [0.25, 0.3) is 0 Å². The zero-order valence-electron chi connectivity index (χ0n) is 7.57. The second-order valence-corrected chi connectivity index (χ2v) is 3.10. The van der Waals surface area contributed by atoms with Crippen molar-refractivity contribution in [1.82, 2.24) is 4.98 Å². The van der Waals surface area contributed by atoms with E-state index in [1.165, 1.54) is 6.20 Å². The first kappa shape index (κ1) is 8.62. The van der Waals surface area contributed by atoms with E-state index in [0.29, 0.717) is 11.1 Å². The van der Waals surface area contributed by atoms with Gasteiger partial charge >= 0.3 is 0 Å². The monoisotopic (exact) mass is 188 g/mol. The highest BCUT2D eigenvalue weighted by molar-refractivity contribution is 6.25. The predicted octanol–water partition coefficient (Wildman–Crippen LogP) is 0.693. The summed E-state index contributed by atoms with van der Waals surface area (Å²) in [4.78, 5) is 27.1. The topological polar surface area (TPSA) is 73.1 Å². The van der Waals surface area contributed by atoms with Crippen molar-refractivity contribution in [3.63, 3.8) is 0 Å². The van der Waals surface area contributed by atoms with Gasteiger partial charge < -0.3 is 5.73 Å². The molecule has 0 aromatic carbocycles. The van der Waals surface area contributed by atoms with Crippen LogP contribution in [0.2, 0.25) is 0 Å². The van der Waals surface area contributed by atoms with Crippen molar-refractivity contribution in [1.29, 1.82) is 0 Å². The van der Waals surface area contributed by atoms with Gasteiger partial charge in [-0.3, -0.25) is 14.6 Å². The zero-order valence-corrected chi connectivity index (χ0v) is 7.57. The van der Waals surface area contributed by atoms with Crippen LogP contribution in [-0.4, -0.2) is 16.6 Å². The Morgan fingerprint density at radius 1 is 1.29 bits per heavy atom. The van der Waals surface area contributed by atoms with Crippen molar-refractivity contribution in [3.8, 4) is 0 Å². The summed E-state index contributed by atoms with van der Waals surface area (Å²) in [5.41, 5.74) is 6.29. The van der Waals surface area contributed by atoms with Crippen LogP contribution in [0, 0.1) is 0 Å². The van der Waals surface area contributed by atoms with Gasteiger partial charge in [0.1, 0.15) is 5.69 Å². The summed E-state index contributed by atoms with van der Waals surface area (Å²) in [7, 11) is 0. The molecule has 0 spiro atoms. The van der Waals surface area contributed by atoms with Crippen LogP contribution >= 0.6 is 0 Å². The van der Waals surface area contributed by atoms with E-state index < -0.39 is 0 Å². The fraction of sp³-hybridized carbons (Fsp3) is 0.100. The molecule has 1 heterocycles. The second-order valence-electron chi connectivity index (χ2n) is 3.10. The molecule has 2 N–H and O–H groups in total. The quantitative estimate of drug-likeness (QED) is 0.650. The number of Topliss-reactive ketones (excluding diaryl/α,β-unsaturated/α-hetero) is 2. The molecule has 2 rings (SSSR count). The van der Waals surface area contributed by atoms with Crippen LogP contribution in [0.3, 0.4) is 0 Å². The normalized spacial score (nSPS) is 15.8. The van der Waals surface area contributed by atoms with Crippen LogP contribution in [0.4, 0.5) is 0 Å². The molecular formula is C10H8N2O2. The highest BCUT2D eigenvalue weighted by atomic mass is 16.1. The van der Waals surface area contributed by atoms with Gasteiger partial charge in [0.05, 0.1) is 11.3 Å². The van der Waals surface area contributed by atoms with Gasteiger partial charge in [0, 0.05) is 11.8 Å². The number of allylic oxidation sites excluding steroid dienone is 2. The molecule has 0 fully saturated rings. The molecule has 0 bridgehead atoms. The van der Waals surface area contributed by atoms with Gasteiger partial charge in [-0.2, -0.15) is 0 Å². The number of nitrogens with zero attached hydrogens (tertiary/aromatic N) is 1. The lowest BCUT2D eigenvalue weighted by Gasteiger charge is -2.14. The number of ketones is 2. The largest absolute Gasteiger partial charge is 0.395 e. The fourth-order valence-electron chi connectivity index (χ4n) is 1.39. The molecule has 0 saturated carbocycles. The molecule has 4 heteroatoms. The fourth-order valence-corrected chi connectivity index (χ4v) is 1.39. The number of hydrogen-bond donors (Lipinski definition) is 1. The highest BCUT2D eigenvalue weighted by Crippen LogP contribution is 2.21. The second kappa shape index (κ2) is 2.77. The van der Waals surface area contributed by atoms with Crippen molar-refractivity contribution in [2.75, 3.05) is 0 Å².